The standard InChI is InChI=1S/C60H56P2S4/c1-11-13-45-46(14-12-2)60-58(56-48-32-54(64-50(48)16-18-52(56)66-60)62(43-27-37(7)21-38(8)28-43)44-29-39(9)22-40(10)30-44)57-55-47-31-53(63-49(47)15-17-51(55)65-59(45)57)61(41-23-33(3)19-34(4)24-41)42-25-35(5)20-36(6)26-42/h15-32H,11-14H2,1-10H3. The third kappa shape index (κ3) is 7.69. The second kappa shape index (κ2) is 17.4. The van der Waals surface area contributed by atoms with E-state index in [-0.39, 0.29) is 0 Å². The molecule has 4 heterocycles. The first-order chi connectivity index (χ1) is 31.8. The van der Waals surface area contributed by atoms with Crippen LogP contribution in [0.1, 0.15) is 82.3 Å². The van der Waals surface area contributed by atoms with Crippen LogP contribution in [0.5, 0.6) is 0 Å². The smallest absolute Gasteiger partial charge is 0.0397 e. The van der Waals surface area contributed by atoms with Gasteiger partial charge in [-0.25, -0.2) is 0 Å². The van der Waals surface area contributed by atoms with Crippen molar-refractivity contribution in [2.75, 3.05) is 0 Å². The molecule has 0 spiro atoms. The molecular formula is C60H56P2S4. The van der Waals surface area contributed by atoms with Gasteiger partial charge in [0.2, 0.25) is 0 Å². The van der Waals surface area contributed by atoms with Crippen LogP contribution >= 0.6 is 61.2 Å². The molecule has 11 rings (SSSR count). The largest absolute Gasteiger partial charge is 0.135 e. The first kappa shape index (κ1) is 44.3. The summed E-state index contributed by atoms with van der Waals surface area (Å²) >= 11 is 8.19. The highest BCUT2D eigenvalue weighted by molar-refractivity contribution is 7.85. The Kier molecular flexibility index (Phi) is 11.7. The lowest BCUT2D eigenvalue weighted by Gasteiger charge is -2.20. The molecular weight excluding hydrogens is 911 g/mol. The maximum absolute atomic E-state index is 2.63. The van der Waals surface area contributed by atoms with Crippen molar-refractivity contribution in [2.45, 2.75) is 94.9 Å². The minimum absolute atomic E-state index is 0.765. The summed E-state index contributed by atoms with van der Waals surface area (Å²) in [5.41, 5.74) is 13.9. The number of fused-ring (bicyclic) bond motifs is 11. The van der Waals surface area contributed by atoms with Gasteiger partial charge < -0.3 is 0 Å². The van der Waals surface area contributed by atoms with Gasteiger partial charge in [-0.15, -0.1) is 45.3 Å². The van der Waals surface area contributed by atoms with Gasteiger partial charge in [-0.3, -0.25) is 0 Å². The second-order valence-electron chi connectivity index (χ2n) is 19.0. The molecule has 0 N–H and O–H groups in total. The van der Waals surface area contributed by atoms with Gasteiger partial charge in [0, 0.05) is 69.8 Å². The van der Waals surface area contributed by atoms with E-state index in [1.807, 2.05) is 22.7 Å². The summed E-state index contributed by atoms with van der Waals surface area (Å²) in [5.74, 6) is 0. The van der Waals surface area contributed by atoms with Crippen LogP contribution in [0.4, 0.5) is 0 Å². The zero-order valence-corrected chi connectivity index (χ0v) is 44.8. The lowest BCUT2D eigenvalue weighted by molar-refractivity contribution is 0.877. The van der Waals surface area contributed by atoms with Crippen molar-refractivity contribution in [1.29, 1.82) is 0 Å². The SMILES string of the molecule is CCCc1c(CCC)c2sc3ccc4sc(P(c5cc(C)cc(C)c5)c5cc(C)cc(C)c5)cc4c3c2c2c1sc1ccc3sc(P(c4cc(C)cc(C)c4)c4cc(C)cc(C)c4)cc3c12. The van der Waals surface area contributed by atoms with Crippen molar-refractivity contribution in [2.24, 2.45) is 0 Å². The van der Waals surface area contributed by atoms with Crippen molar-refractivity contribution in [3.8, 4) is 0 Å². The van der Waals surface area contributed by atoms with Crippen LogP contribution in [0.25, 0.3) is 60.5 Å². The van der Waals surface area contributed by atoms with Crippen molar-refractivity contribution in [3.63, 3.8) is 0 Å². The molecule has 0 unspecified atom stereocenters. The number of hydrogen-bond acceptors (Lipinski definition) is 4. The van der Waals surface area contributed by atoms with Crippen molar-refractivity contribution in [1.82, 2.24) is 0 Å². The molecule has 0 radical (unpaired) electrons. The summed E-state index contributed by atoms with van der Waals surface area (Å²) in [4.78, 5) is 0. The van der Waals surface area contributed by atoms with E-state index in [0.717, 1.165) is 25.7 Å². The Balaban J connectivity index is 1.23. The summed E-state index contributed by atoms with van der Waals surface area (Å²) in [6.07, 6.45) is 4.51. The highest BCUT2D eigenvalue weighted by Crippen LogP contribution is 2.53. The van der Waals surface area contributed by atoms with E-state index in [1.54, 1.807) is 11.1 Å². The lowest BCUT2D eigenvalue weighted by Crippen LogP contribution is -2.20. The van der Waals surface area contributed by atoms with Crippen LogP contribution in [0.2, 0.25) is 0 Å². The molecule has 0 aliphatic carbocycles. The Morgan fingerprint density at radius 2 is 0.621 bits per heavy atom. The highest BCUT2D eigenvalue weighted by atomic mass is 32.1. The number of hydrogen-bond donors (Lipinski definition) is 0. The molecule has 66 heavy (non-hydrogen) atoms. The van der Waals surface area contributed by atoms with Crippen LogP contribution in [0.3, 0.4) is 0 Å². The fraction of sp³-hybridized carbons (Fsp3) is 0.233. The molecule has 11 aromatic rings. The van der Waals surface area contributed by atoms with Crippen LogP contribution in [-0.2, 0) is 12.8 Å². The van der Waals surface area contributed by atoms with Gasteiger partial charge in [-0.1, -0.05) is 144 Å². The third-order valence-electron chi connectivity index (χ3n) is 13.1. The quantitative estimate of drug-likeness (QED) is 0.120. The molecule has 0 bridgehead atoms. The molecule has 0 saturated heterocycles. The first-order valence-corrected chi connectivity index (χ1v) is 29.4. The Bertz CT molecular complexity index is 3310. The van der Waals surface area contributed by atoms with Crippen LogP contribution in [0.15, 0.2) is 109 Å². The fourth-order valence-corrected chi connectivity index (χ4v) is 22.6. The second-order valence-corrected chi connectivity index (χ2v) is 28.2. The summed E-state index contributed by atoms with van der Waals surface area (Å²) in [7, 11) is -1.53. The van der Waals surface area contributed by atoms with Crippen LogP contribution < -0.4 is 30.5 Å². The summed E-state index contributed by atoms with van der Waals surface area (Å²) in [5, 5.41) is 14.6. The molecule has 0 aliphatic heterocycles. The van der Waals surface area contributed by atoms with E-state index in [0.29, 0.717) is 0 Å². The molecule has 0 nitrogen and oxygen atoms in total. The molecule has 0 aliphatic rings. The summed E-state index contributed by atoms with van der Waals surface area (Å²) < 4.78 is 11.7. The fourth-order valence-electron chi connectivity index (χ4n) is 10.9. The molecule has 6 heteroatoms. The topological polar surface area (TPSA) is 0 Å². The van der Waals surface area contributed by atoms with Gasteiger partial charge >= 0.3 is 0 Å². The van der Waals surface area contributed by atoms with E-state index in [4.69, 9.17) is 0 Å². The molecule has 0 fully saturated rings. The van der Waals surface area contributed by atoms with E-state index >= 15 is 0 Å². The maximum Gasteiger partial charge on any atom is 0.0397 e. The molecule has 0 amide bonds. The average molecular weight is 967 g/mol. The molecule has 4 aromatic heterocycles. The number of benzene rings is 7. The molecule has 0 atom stereocenters. The van der Waals surface area contributed by atoms with Gasteiger partial charge in [-0.2, -0.15) is 0 Å². The van der Waals surface area contributed by atoms with Gasteiger partial charge in [0.15, 0.2) is 0 Å². The number of thiophene rings is 4. The van der Waals surface area contributed by atoms with Gasteiger partial charge in [-0.05, 0) is 153 Å². The highest BCUT2D eigenvalue weighted by Gasteiger charge is 2.28. The van der Waals surface area contributed by atoms with Crippen molar-refractivity contribution < 1.29 is 0 Å². The number of aryl methyl sites for hydroxylation is 10. The van der Waals surface area contributed by atoms with Gasteiger partial charge in [0.1, 0.15) is 0 Å². The Morgan fingerprint density at radius 3 is 0.909 bits per heavy atom. The predicted molar refractivity (Wildman–Crippen MR) is 306 cm³/mol. The van der Waals surface area contributed by atoms with E-state index < -0.39 is 15.8 Å². The van der Waals surface area contributed by atoms with E-state index in [1.165, 1.54) is 135 Å². The maximum atomic E-state index is 2.63. The van der Waals surface area contributed by atoms with E-state index in [9.17, 15) is 0 Å². The first-order valence-electron chi connectivity index (χ1n) is 23.5. The Hall–Kier alpha value is -4.24. The summed E-state index contributed by atoms with van der Waals surface area (Å²) in [6, 6.07) is 44.0. The molecule has 0 saturated carbocycles. The third-order valence-corrected chi connectivity index (χ3v) is 23.3. The number of rotatable bonds is 10. The van der Waals surface area contributed by atoms with Crippen LogP contribution in [-0.4, -0.2) is 0 Å². The average Bonchev–Trinajstić information content (AvgIpc) is 4.03. The minimum Gasteiger partial charge on any atom is -0.135 e. The Morgan fingerprint density at radius 1 is 0.333 bits per heavy atom. The van der Waals surface area contributed by atoms with Gasteiger partial charge in [0.05, 0.1) is 0 Å². The molecule has 7 aromatic carbocycles. The van der Waals surface area contributed by atoms with Crippen molar-refractivity contribution in [3.05, 3.63) is 165 Å². The minimum atomic E-state index is -0.765. The monoisotopic (exact) mass is 966 g/mol. The van der Waals surface area contributed by atoms with Gasteiger partial charge in [0.25, 0.3) is 0 Å². The van der Waals surface area contributed by atoms with Crippen LogP contribution in [0, 0.1) is 55.4 Å². The zero-order chi connectivity index (χ0) is 45.7. The van der Waals surface area contributed by atoms with E-state index in [2.05, 4.69) is 201 Å². The predicted octanol–water partition coefficient (Wildman–Crippen LogP) is 16.7. The zero-order valence-electron chi connectivity index (χ0n) is 39.7. The molecule has 330 valence electrons. The normalized spacial score (nSPS) is 12.3. The Labute approximate surface area is 408 Å². The lowest BCUT2D eigenvalue weighted by atomic mass is 9.92. The van der Waals surface area contributed by atoms with Crippen molar-refractivity contribution >= 4 is 152 Å². The summed E-state index contributed by atoms with van der Waals surface area (Å²) in [6.45, 7) is 22.8.